The van der Waals surface area contributed by atoms with Crippen molar-refractivity contribution in [2.45, 2.75) is 20.3 Å². The molecule has 140 valence electrons. The summed E-state index contributed by atoms with van der Waals surface area (Å²) in [5.41, 5.74) is 1.48. The van der Waals surface area contributed by atoms with Gasteiger partial charge in [-0.15, -0.1) is 0 Å². The second-order valence-corrected chi connectivity index (χ2v) is 6.49. The molecule has 6 heteroatoms. The molecule has 0 spiro atoms. The van der Waals surface area contributed by atoms with Gasteiger partial charge in [-0.05, 0) is 37.6 Å². The van der Waals surface area contributed by atoms with Crippen LogP contribution in [0.4, 0.5) is 0 Å². The maximum absolute atomic E-state index is 13.0. The first-order valence-electron chi connectivity index (χ1n) is 8.62. The number of hydrogen-bond donors (Lipinski definition) is 0. The average Bonchev–Trinajstić information content (AvgIpc) is 2.66. The molecule has 3 rings (SSSR count). The number of rotatable bonds is 6. The van der Waals surface area contributed by atoms with E-state index in [-0.39, 0.29) is 23.5 Å². The Morgan fingerprint density at radius 1 is 1.19 bits per heavy atom. The molecule has 0 amide bonds. The van der Waals surface area contributed by atoms with Gasteiger partial charge in [-0.2, -0.15) is 0 Å². The molecule has 0 unspecified atom stereocenters. The monoisotopic (exact) mass is 386 g/mol. The van der Waals surface area contributed by atoms with E-state index in [4.69, 9.17) is 25.5 Å². The molecule has 5 nitrogen and oxygen atoms in total. The molecule has 0 saturated carbocycles. The predicted octanol–water partition coefficient (Wildman–Crippen LogP) is 4.75. The number of benzene rings is 2. The lowest BCUT2D eigenvalue weighted by atomic mass is 10.1. The van der Waals surface area contributed by atoms with Crippen LogP contribution in [0.25, 0.3) is 22.3 Å². The molecule has 27 heavy (non-hydrogen) atoms. The first-order chi connectivity index (χ1) is 13.0. The van der Waals surface area contributed by atoms with Gasteiger partial charge in [0, 0.05) is 5.56 Å². The van der Waals surface area contributed by atoms with E-state index in [0.29, 0.717) is 34.6 Å². The van der Waals surface area contributed by atoms with Crippen LogP contribution in [0.5, 0.6) is 5.75 Å². The molecular formula is C21H19ClO5. The van der Waals surface area contributed by atoms with Crippen LogP contribution in [0.3, 0.4) is 0 Å². The Kier molecular flexibility index (Phi) is 5.81. The fraction of sp³-hybridized carbons (Fsp3) is 0.238. The van der Waals surface area contributed by atoms with Gasteiger partial charge >= 0.3 is 5.97 Å². The molecule has 3 aromatic rings. The second-order valence-electron chi connectivity index (χ2n) is 6.08. The summed E-state index contributed by atoms with van der Waals surface area (Å²) in [4.78, 5) is 24.8. The van der Waals surface area contributed by atoms with Gasteiger partial charge in [0.05, 0.1) is 17.0 Å². The van der Waals surface area contributed by atoms with Gasteiger partial charge in [-0.1, -0.05) is 42.3 Å². The zero-order valence-corrected chi connectivity index (χ0v) is 15.8. The fourth-order valence-electron chi connectivity index (χ4n) is 2.63. The normalized spacial score (nSPS) is 10.8. The van der Waals surface area contributed by atoms with E-state index in [1.165, 1.54) is 0 Å². The van der Waals surface area contributed by atoms with Gasteiger partial charge in [-0.25, -0.2) is 4.79 Å². The minimum Gasteiger partial charge on any atom is -0.474 e. The third-order valence-electron chi connectivity index (χ3n) is 3.92. The Morgan fingerprint density at radius 3 is 2.70 bits per heavy atom. The number of esters is 1. The van der Waals surface area contributed by atoms with E-state index in [1.54, 1.807) is 36.4 Å². The second kappa shape index (κ2) is 8.27. The lowest BCUT2D eigenvalue weighted by Crippen LogP contribution is -2.19. The van der Waals surface area contributed by atoms with Crippen molar-refractivity contribution in [3.63, 3.8) is 0 Å². The van der Waals surface area contributed by atoms with Crippen molar-refractivity contribution in [1.29, 1.82) is 0 Å². The highest BCUT2D eigenvalue weighted by molar-refractivity contribution is 6.33. The van der Waals surface area contributed by atoms with Gasteiger partial charge in [-0.3, -0.25) is 4.79 Å². The number of hydrogen-bond acceptors (Lipinski definition) is 5. The molecule has 0 aliphatic heterocycles. The van der Waals surface area contributed by atoms with Crippen molar-refractivity contribution in [2.75, 3.05) is 13.2 Å². The van der Waals surface area contributed by atoms with Gasteiger partial charge in [0.1, 0.15) is 5.58 Å². The summed E-state index contributed by atoms with van der Waals surface area (Å²) in [6, 6.07) is 12.3. The molecule has 1 aromatic heterocycles. The lowest BCUT2D eigenvalue weighted by Gasteiger charge is -2.12. The summed E-state index contributed by atoms with van der Waals surface area (Å²) >= 11 is 6.28. The Labute approximate surface area is 161 Å². The smallest absolute Gasteiger partial charge is 0.344 e. The van der Waals surface area contributed by atoms with E-state index in [9.17, 15) is 9.59 Å². The summed E-state index contributed by atoms with van der Waals surface area (Å²) < 4.78 is 16.5. The molecular weight excluding hydrogens is 368 g/mol. The highest BCUT2D eigenvalue weighted by atomic mass is 35.5. The Bertz CT molecular complexity index is 1040. The largest absolute Gasteiger partial charge is 0.474 e. The topological polar surface area (TPSA) is 65.7 Å². The van der Waals surface area contributed by atoms with Crippen molar-refractivity contribution in [2.24, 2.45) is 0 Å². The van der Waals surface area contributed by atoms with Crippen molar-refractivity contribution in [3.8, 4) is 17.1 Å². The third-order valence-corrected chi connectivity index (χ3v) is 4.25. The summed E-state index contributed by atoms with van der Waals surface area (Å²) in [6.45, 7) is 3.68. The van der Waals surface area contributed by atoms with Crippen LogP contribution in [0.2, 0.25) is 5.02 Å². The molecule has 0 saturated heterocycles. The van der Waals surface area contributed by atoms with E-state index in [1.807, 2.05) is 19.9 Å². The van der Waals surface area contributed by atoms with E-state index in [2.05, 4.69) is 0 Å². The molecule has 0 atom stereocenters. The molecule has 0 N–H and O–H groups in total. The van der Waals surface area contributed by atoms with Gasteiger partial charge in [0.15, 0.2) is 12.4 Å². The average molecular weight is 387 g/mol. The minimum atomic E-state index is -0.550. The Balaban J connectivity index is 2.12. The van der Waals surface area contributed by atoms with Crippen LogP contribution in [-0.4, -0.2) is 19.2 Å². The molecule has 1 heterocycles. The van der Waals surface area contributed by atoms with Crippen molar-refractivity contribution < 1.29 is 18.7 Å². The quantitative estimate of drug-likeness (QED) is 0.572. The zero-order chi connectivity index (χ0) is 19.4. The number of carbonyl (C=O) groups is 1. The van der Waals surface area contributed by atoms with Gasteiger partial charge < -0.3 is 13.9 Å². The molecule has 0 bridgehead atoms. The van der Waals surface area contributed by atoms with Crippen LogP contribution in [0.1, 0.15) is 18.9 Å². The molecule has 0 aliphatic rings. The zero-order valence-electron chi connectivity index (χ0n) is 15.1. The van der Waals surface area contributed by atoms with E-state index < -0.39 is 5.97 Å². The third kappa shape index (κ3) is 4.14. The van der Waals surface area contributed by atoms with Crippen LogP contribution >= 0.6 is 11.6 Å². The van der Waals surface area contributed by atoms with Crippen LogP contribution in [-0.2, 0) is 9.53 Å². The Morgan fingerprint density at radius 2 is 1.96 bits per heavy atom. The summed E-state index contributed by atoms with van der Waals surface area (Å²) in [5, 5.41) is 0.785. The van der Waals surface area contributed by atoms with Gasteiger partial charge in [0.2, 0.25) is 11.2 Å². The predicted molar refractivity (Wildman–Crippen MR) is 104 cm³/mol. The fourth-order valence-corrected chi connectivity index (χ4v) is 2.86. The first-order valence-corrected chi connectivity index (χ1v) is 9.00. The first kappa shape index (κ1) is 19.0. The maximum atomic E-state index is 13.0. The standard InChI is InChI=1S/C21H19ClO5/c1-3-10-25-18(23)12-26-21-19(24)15-11-13(2)8-9-17(15)27-20(21)14-6-4-5-7-16(14)22/h4-9,11H,3,10,12H2,1-2H3. The van der Waals surface area contributed by atoms with Crippen molar-refractivity contribution in [1.82, 2.24) is 0 Å². The number of ether oxygens (including phenoxy) is 2. The number of halogens is 1. The molecule has 2 aromatic carbocycles. The summed E-state index contributed by atoms with van der Waals surface area (Å²) in [6.07, 6.45) is 0.702. The minimum absolute atomic E-state index is 0.0605. The maximum Gasteiger partial charge on any atom is 0.344 e. The van der Waals surface area contributed by atoms with Gasteiger partial charge in [0.25, 0.3) is 0 Å². The van der Waals surface area contributed by atoms with Crippen LogP contribution < -0.4 is 10.2 Å². The summed E-state index contributed by atoms with van der Waals surface area (Å²) in [7, 11) is 0. The lowest BCUT2D eigenvalue weighted by molar-refractivity contribution is -0.146. The Hall–Kier alpha value is -2.79. The molecule has 0 aliphatic carbocycles. The van der Waals surface area contributed by atoms with E-state index >= 15 is 0 Å². The SMILES string of the molecule is CCCOC(=O)COc1c(-c2ccccc2Cl)oc2ccc(C)cc2c1=O. The molecule has 0 radical (unpaired) electrons. The highest BCUT2D eigenvalue weighted by Crippen LogP contribution is 2.35. The van der Waals surface area contributed by atoms with Crippen molar-refractivity contribution >= 4 is 28.5 Å². The number of fused-ring (bicyclic) bond motifs is 1. The van der Waals surface area contributed by atoms with E-state index in [0.717, 1.165) is 5.56 Å². The van der Waals surface area contributed by atoms with Crippen molar-refractivity contribution in [3.05, 3.63) is 63.3 Å². The summed E-state index contributed by atoms with van der Waals surface area (Å²) in [5.74, 6) is -0.425. The van der Waals surface area contributed by atoms with Crippen LogP contribution in [0.15, 0.2) is 51.7 Å². The number of carbonyl (C=O) groups excluding carboxylic acids is 1. The number of aryl methyl sites for hydroxylation is 1. The molecule has 0 fully saturated rings. The highest BCUT2D eigenvalue weighted by Gasteiger charge is 2.20. The van der Waals surface area contributed by atoms with Crippen LogP contribution in [0, 0.1) is 6.92 Å².